The highest BCUT2D eigenvalue weighted by molar-refractivity contribution is 5.81. The number of hydrogen-bond donors (Lipinski definition) is 0. The van der Waals surface area contributed by atoms with Crippen LogP contribution in [0.15, 0.2) is 110 Å². The minimum absolute atomic E-state index is 0.115. The van der Waals surface area contributed by atoms with Crippen LogP contribution in [0.4, 0.5) is 22.7 Å². The number of carbonyl (C=O) groups is 2. The van der Waals surface area contributed by atoms with Crippen molar-refractivity contribution in [2.24, 2.45) is 0 Å². The molecule has 0 fully saturated rings. The molecule has 4 aromatic rings. The minimum Gasteiger partial charge on any atom is -0.457 e. The molecular formula is C38H36N4O8. The Hall–Kier alpha value is -6.56. The molecule has 0 spiro atoms. The second-order valence-corrected chi connectivity index (χ2v) is 11.3. The van der Waals surface area contributed by atoms with Gasteiger partial charge in [-0.3, -0.25) is 20.2 Å². The van der Waals surface area contributed by atoms with Crippen LogP contribution in [0.3, 0.4) is 0 Å². The summed E-state index contributed by atoms with van der Waals surface area (Å²) in [6, 6.07) is 25.5. The smallest absolute Gasteiger partial charge is 0.330 e. The summed E-state index contributed by atoms with van der Waals surface area (Å²) in [5, 5.41) is 23.3. The van der Waals surface area contributed by atoms with Crippen molar-refractivity contribution in [3.8, 4) is 0 Å². The molecule has 4 rings (SSSR count). The lowest BCUT2D eigenvalue weighted by atomic mass is 10.1. The third-order valence-corrected chi connectivity index (χ3v) is 7.74. The van der Waals surface area contributed by atoms with E-state index < -0.39 is 21.8 Å². The minimum atomic E-state index is -0.649. The van der Waals surface area contributed by atoms with Crippen LogP contribution >= 0.6 is 0 Å². The molecule has 0 saturated heterocycles. The first kappa shape index (κ1) is 36.3. The molecule has 50 heavy (non-hydrogen) atoms. The Morgan fingerprint density at radius 2 is 1.00 bits per heavy atom. The largest absolute Gasteiger partial charge is 0.457 e. The number of esters is 2. The Labute approximate surface area is 289 Å². The number of hydrogen-bond acceptors (Lipinski definition) is 10. The van der Waals surface area contributed by atoms with Gasteiger partial charge in [-0.1, -0.05) is 61.7 Å². The highest BCUT2D eigenvalue weighted by atomic mass is 16.6. The van der Waals surface area contributed by atoms with Gasteiger partial charge in [-0.2, -0.15) is 0 Å². The van der Waals surface area contributed by atoms with Crippen molar-refractivity contribution in [3.63, 3.8) is 0 Å². The quantitative estimate of drug-likeness (QED) is 0.0387. The van der Waals surface area contributed by atoms with Crippen LogP contribution in [0.25, 0.3) is 12.2 Å². The molecule has 0 amide bonds. The molecule has 0 unspecified atom stereocenters. The van der Waals surface area contributed by atoms with Crippen LogP contribution in [0, 0.1) is 20.2 Å². The average Bonchev–Trinajstić information content (AvgIpc) is 3.12. The molecule has 0 aromatic heterocycles. The molecule has 0 heterocycles. The molecule has 0 aliphatic carbocycles. The summed E-state index contributed by atoms with van der Waals surface area (Å²) in [7, 11) is 3.80. The van der Waals surface area contributed by atoms with Crippen LogP contribution in [-0.4, -0.2) is 35.9 Å². The maximum atomic E-state index is 11.6. The molecular weight excluding hydrogens is 640 g/mol. The number of nitrogens with zero attached hydrogens (tertiary/aromatic N) is 4. The molecule has 12 nitrogen and oxygen atoms in total. The zero-order valence-electron chi connectivity index (χ0n) is 27.7. The van der Waals surface area contributed by atoms with Crippen LogP contribution in [-0.2, 0) is 45.4 Å². The first-order chi connectivity index (χ1) is 24.0. The molecule has 0 saturated carbocycles. The topological polar surface area (TPSA) is 145 Å². The van der Waals surface area contributed by atoms with E-state index in [0.29, 0.717) is 24.2 Å². The van der Waals surface area contributed by atoms with E-state index in [0.717, 1.165) is 45.8 Å². The van der Waals surface area contributed by atoms with Gasteiger partial charge in [-0.25, -0.2) is 9.59 Å². The summed E-state index contributed by atoms with van der Waals surface area (Å²) in [6.07, 6.45) is 6.01. The number of nitro benzene ring substituents is 2. The number of benzene rings is 4. The van der Waals surface area contributed by atoms with Gasteiger partial charge in [0, 0.05) is 62.8 Å². The third kappa shape index (κ3) is 9.97. The summed E-state index contributed by atoms with van der Waals surface area (Å²) in [6.45, 7) is 7.09. The van der Waals surface area contributed by atoms with E-state index in [-0.39, 0.29) is 24.6 Å². The van der Waals surface area contributed by atoms with Crippen molar-refractivity contribution in [2.75, 3.05) is 23.9 Å². The molecule has 4 aromatic carbocycles. The number of ether oxygens (including phenoxy) is 2. The van der Waals surface area contributed by atoms with E-state index in [1.54, 1.807) is 24.3 Å². The normalized spacial score (nSPS) is 10.7. The summed E-state index contributed by atoms with van der Waals surface area (Å²) in [5.74, 6) is -1.30. The Balaban J connectivity index is 1.34. The zero-order chi connectivity index (χ0) is 36.2. The molecule has 12 heteroatoms. The molecule has 0 aliphatic rings. The fourth-order valence-electron chi connectivity index (χ4n) is 5.02. The van der Waals surface area contributed by atoms with Gasteiger partial charge in [0.15, 0.2) is 0 Å². The third-order valence-electron chi connectivity index (χ3n) is 7.74. The summed E-state index contributed by atoms with van der Waals surface area (Å²) in [4.78, 5) is 49.0. The van der Waals surface area contributed by atoms with Crippen molar-refractivity contribution in [1.82, 2.24) is 0 Å². The summed E-state index contributed by atoms with van der Waals surface area (Å²) < 4.78 is 9.94. The Morgan fingerprint density at radius 3 is 1.32 bits per heavy atom. The van der Waals surface area contributed by atoms with Crippen molar-refractivity contribution in [2.45, 2.75) is 26.3 Å². The van der Waals surface area contributed by atoms with Crippen LogP contribution in [0.1, 0.15) is 33.4 Å². The van der Waals surface area contributed by atoms with Gasteiger partial charge in [0.1, 0.15) is 13.2 Å². The van der Waals surface area contributed by atoms with Crippen LogP contribution in [0.5, 0.6) is 0 Å². The van der Waals surface area contributed by atoms with Crippen molar-refractivity contribution < 1.29 is 28.9 Å². The van der Waals surface area contributed by atoms with E-state index in [4.69, 9.17) is 9.47 Å². The monoisotopic (exact) mass is 676 g/mol. The Kier molecular flexibility index (Phi) is 12.3. The van der Waals surface area contributed by atoms with Crippen molar-refractivity contribution in [3.05, 3.63) is 164 Å². The molecule has 256 valence electrons. The van der Waals surface area contributed by atoms with E-state index in [1.165, 1.54) is 12.1 Å². The highest BCUT2D eigenvalue weighted by Crippen LogP contribution is 2.26. The lowest BCUT2D eigenvalue weighted by molar-refractivity contribution is -0.386. The number of carbonyl (C=O) groups excluding carboxylic acids is 2. The van der Waals surface area contributed by atoms with Crippen LogP contribution < -0.4 is 9.80 Å². The molecule has 0 atom stereocenters. The number of anilines is 2. The number of rotatable bonds is 16. The highest BCUT2D eigenvalue weighted by Gasteiger charge is 2.18. The molecule has 0 bridgehead atoms. The van der Waals surface area contributed by atoms with E-state index in [1.807, 2.05) is 84.6 Å². The predicted octanol–water partition coefficient (Wildman–Crippen LogP) is 7.40. The first-order valence-electron chi connectivity index (χ1n) is 15.4. The fourth-order valence-corrected chi connectivity index (χ4v) is 5.02. The summed E-state index contributed by atoms with van der Waals surface area (Å²) in [5.41, 5.74) is 5.68. The van der Waals surface area contributed by atoms with Crippen molar-refractivity contribution in [1.29, 1.82) is 0 Å². The second-order valence-electron chi connectivity index (χ2n) is 11.3. The van der Waals surface area contributed by atoms with Gasteiger partial charge < -0.3 is 19.3 Å². The fraction of sp³-hybridized carbons (Fsp3) is 0.158. The Bertz CT molecular complexity index is 1780. The van der Waals surface area contributed by atoms with Gasteiger partial charge in [-0.15, -0.1) is 0 Å². The van der Waals surface area contributed by atoms with E-state index in [9.17, 15) is 29.8 Å². The lowest BCUT2D eigenvalue weighted by Gasteiger charge is -2.20. The number of nitro groups is 2. The summed E-state index contributed by atoms with van der Waals surface area (Å²) >= 11 is 0. The van der Waals surface area contributed by atoms with Gasteiger partial charge in [0.2, 0.25) is 0 Å². The van der Waals surface area contributed by atoms with E-state index in [2.05, 4.69) is 13.2 Å². The standard InChI is InChI=1S/C38H36N4O8/c1-5-37(43)49-25-31-15-9-29(21-35(31)41(45)46)23-39(3)33-17-11-27(12-18-33)7-8-28-13-19-34(20-14-28)40(4)24-30-10-16-32(26-50-38(44)6-2)36(22-30)42(47)48/h5-22H,1-2,23-26H2,3-4H3. The van der Waals surface area contributed by atoms with Gasteiger partial charge in [0.25, 0.3) is 11.4 Å². The van der Waals surface area contributed by atoms with Gasteiger partial charge >= 0.3 is 11.9 Å². The maximum Gasteiger partial charge on any atom is 0.330 e. The Morgan fingerprint density at radius 1 is 0.640 bits per heavy atom. The lowest BCUT2D eigenvalue weighted by Crippen LogP contribution is -2.16. The van der Waals surface area contributed by atoms with Crippen molar-refractivity contribution >= 4 is 46.8 Å². The molecule has 0 N–H and O–H groups in total. The first-order valence-corrected chi connectivity index (χ1v) is 15.4. The van der Waals surface area contributed by atoms with Gasteiger partial charge in [0.05, 0.1) is 21.0 Å². The molecule has 0 aliphatic heterocycles. The predicted molar refractivity (Wildman–Crippen MR) is 192 cm³/mol. The maximum absolute atomic E-state index is 11.6. The second kappa shape index (κ2) is 17.0. The molecule has 0 radical (unpaired) electrons. The SMILES string of the molecule is C=CC(=O)OCc1ccc(CN(C)c2ccc(C=Cc3ccc(N(C)Cc4ccc(COC(=O)C=C)c([N+](=O)[O-])c4)cc3)cc2)cc1[N+](=O)[O-]. The zero-order valence-corrected chi connectivity index (χ0v) is 27.7. The average molecular weight is 677 g/mol. The van der Waals surface area contributed by atoms with Gasteiger partial charge in [-0.05, 0) is 58.7 Å². The van der Waals surface area contributed by atoms with Crippen LogP contribution in [0.2, 0.25) is 0 Å². The van der Waals surface area contributed by atoms with E-state index >= 15 is 0 Å².